The van der Waals surface area contributed by atoms with Gasteiger partial charge in [-0.15, -0.1) is 0 Å². The maximum atomic E-state index is 4.62. The molecule has 0 aliphatic carbocycles. The number of hydrogen-bond donors (Lipinski definition) is 1. The van der Waals surface area contributed by atoms with E-state index >= 15 is 0 Å². The number of likely N-dealkylation sites (N-methyl/N-ethyl adjacent to an activating group) is 1. The van der Waals surface area contributed by atoms with Gasteiger partial charge in [0.1, 0.15) is 11.9 Å². The largest absolute Gasteiger partial charge is 0.370 e. The highest BCUT2D eigenvalue weighted by Crippen LogP contribution is 2.22. The Morgan fingerprint density at radius 1 is 1.21 bits per heavy atom. The van der Waals surface area contributed by atoms with Gasteiger partial charge in [0.05, 0.1) is 12.2 Å². The minimum Gasteiger partial charge on any atom is -0.370 e. The lowest BCUT2D eigenvalue weighted by molar-refractivity contribution is 0.134. The van der Waals surface area contributed by atoms with Gasteiger partial charge in [-0.25, -0.2) is 0 Å². The third-order valence-corrected chi connectivity index (χ3v) is 3.83. The van der Waals surface area contributed by atoms with Crippen molar-refractivity contribution in [2.45, 2.75) is 6.04 Å². The van der Waals surface area contributed by atoms with Gasteiger partial charge in [-0.3, -0.25) is 14.9 Å². The summed E-state index contributed by atoms with van der Waals surface area (Å²) in [5.41, 5.74) is 1.10. The molecule has 5 heteroatoms. The highest BCUT2D eigenvalue weighted by atomic mass is 15.3. The van der Waals surface area contributed by atoms with E-state index in [0.717, 1.165) is 50.8 Å². The Hall–Kier alpha value is -1.46. The van der Waals surface area contributed by atoms with E-state index in [-0.39, 0.29) is 6.04 Å². The zero-order chi connectivity index (χ0) is 13.1. The van der Waals surface area contributed by atoms with Gasteiger partial charge in [0, 0.05) is 38.9 Å². The highest BCUT2D eigenvalue weighted by molar-refractivity contribution is 5.89. The maximum Gasteiger partial charge on any atom is 0.120 e. The predicted octanol–water partition coefficient (Wildman–Crippen LogP) is 0.372. The van der Waals surface area contributed by atoms with Gasteiger partial charge in [0.25, 0.3) is 0 Å². The minimum absolute atomic E-state index is 0.192. The zero-order valence-electron chi connectivity index (χ0n) is 11.4. The van der Waals surface area contributed by atoms with Gasteiger partial charge in [0.15, 0.2) is 0 Å². The van der Waals surface area contributed by atoms with Gasteiger partial charge in [-0.2, -0.15) is 0 Å². The van der Waals surface area contributed by atoms with Crippen molar-refractivity contribution in [1.82, 2.24) is 20.1 Å². The normalized spacial score (nSPS) is 22.9. The molecule has 3 rings (SSSR count). The van der Waals surface area contributed by atoms with E-state index in [4.69, 9.17) is 0 Å². The van der Waals surface area contributed by atoms with E-state index in [2.05, 4.69) is 44.3 Å². The third-order valence-electron chi connectivity index (χ3n) is 3.83. The number of nitrogens with zero attached hydrogens (tertiary/aromatic N) is 4. The molecule has 1 aromatic heterocycles. The van der Waals surface area contributed by atoms with Crippen LogP contribution in [0.3, 0.4) is 0 Å². The van der Waals surface area contributed by atoms with Gasteiger partial charge in [-0.05, 0) is 19.2 Å². The first-order valence-electron chi connectivity index (χ1n) is 6.96. The van der Waals surface area contributed by atoms with Crippen molar-refractivity contribution in [3.63, 3.8) is 0 Å². The van der Waals surface area contributed by atoms with Crippen LogP contribution >= 0.6 is 0 Å². The zero-order valence-corrected chi connectivity index (χ0v) is 11.4. The molecule has 19 heavy (non-hydrogen) atoms. The summed E-state index contributed by atoms with van der Waals surface area (Å²) in [6, 6.07) is 6.32. The van der Waals surface area contributed by atoms with E-state index in [1.54, 1.807) is 0 Å². The van der Waals surface area contributed by atoms with Crippen molar-refractivity contribution in [2.24, 2.45) is 4.99 Å². The summed E-state index contributed by atoms with van der Waals surface area (Å²) in [6.45, 7) is 6.18. The molecule has 3 heterocycles. The molecule has 102 valence electrons. The lowest BCUT2D eigenvalue weighted by Gasteiger charge is -2.37. The van der Waals surface area contributed by atoms with E-state index < -0.39 is 0 Å². The second-order valence-electron chi connectivity index (χ2n) is 5.19. The highest BCUT2D eigenvalue weighted by Gasteiger charge is 2.30. The Labute approximate surface area is 114 Å². The minimum atomic E-state index is 0.192. The molecular formula is C14H21N5. The van der Waals surface area contributed by atoms with Crippen molar-refractivity contribution in [3.05, 3.63) is 30.1 Å². The molecule has 1 aromatic rings. The van der Waals surface area contributed by atoms with E-state index in [9.17, 15) is 0 Å². The molecule has 1 fully saturated rings. The molecular weight excluding hydrogens is 238 g/mol. The molecule has 0 radical (unpaired) electrons. The number of nitrogens with one attached hydrogen (secondary N) is 1. The molecule has 1 saturated heterocycles. The third kappa shape index (κ3) is 2.77. The average molecular weight is 259 g/mol. The molecule has 0 bridgehead atoms. The lowest BCUT2D eigenvalue weighted by Crippen LogP contribution is -2.49. The Morgan fingerprint density at radius 2 is 2.05 bits per heavy atom. The van der Waals surface area contributed by atoms with E-state index in [1.807, 2.05) is 12.3 Å². The molecule has 0 aromatic carbocycles. The molecule has 5 nitrogen and oxygen atoms in total. The number of hydrogen-bond acceptors (Lipinski definition) is 5. The van der Waals surface area contributed by atoms with Crippen LogP contribution in [0.25, 0.3) is 0 Å². The van der Waals surface area contributed by atoms with Crippen LogP contribution in [0.2, 0.25) is 0 Å². The van der Waals surface area contributed by atoms with Crippen LogP contribution < -0.4 is 5.32 Å². The maximum absolute atomic E-state index is 4.62. The molecule has 0 amide bonds. The smallest absolute Gasteiger partial charge is 0.120 e. The van der Waals surface area contributed by atoms with Gasteiger partial charge < -0.3 is 10.2 Å². The number of aliphatic imine (C=N–C) groups is 1. The quantitative estimate of drug-likeness (QED) is 0.852. The van der Waals surface area contributed by atoms with Crippen LogP contribution in [0.15, 0.2) is 29.4 Å². The van der Waals surface area contributed by atoms with Crippen molar-refractivity contribution in [2.75, 3.05) is 46.3 Å². The van der Waals surface area contributed by atoms with Crippen molar-refractivity contribution in [1.29, 1.82) is 0 Å². The summed E-state index contributed by atoms with van der Waals surface area (Å²) >= 11 is 0. The Morgan fingerprint density at radius 3 is 2.68 bits per heavy atom. The number of piperazine rings is 1. The topological polar surface area (TPSA) is 43.8 Å². The molecule has 1 atom stereocenters. The second-order valence-corrected chi connectivity index (χ2v) is 5.19. The van der Waals surface area contributed by atoms with Crippen LogP contribution in [0.4, 0.5) is 0 Å². The Kier molecular flexibility index (Phi) is 3.75. The summed E-state index contributed by atoms with van der Waals surface area (Å²) < 4.78 is 0. The summed E-state index contributed by atoms with van der Waals surface area (Å²) in [5.74, 6) is 1.09. The predicted molar refractivity (Wildman–Crippen MR) is 76.4 cm³/mol. The summed E-state index contributed by atoms with van der Waals surface area (Å²) in [7, 11) is 2.18. The number of pyridine rings is 1. The summed E-state index contributed by atoms with van der Waals surface area (Å²) in [4.78, 5) is 14.0. The monoisotopic (exact) mass is 259 g/mol. The van der Waals surface area contributed by atoms with Gasteiger partial charge in [-0.1, -0.05) is 6.07 Å². The standard InChI is InChI=1S/C14H21N5/c1-18-8-10-19(11-9-18)13(14-16-6-7-17-14)12-4-2-3-5-15-12/h2-5,13H,6-11H2,1H3,(H,16,17). The number of rotatable bonds is 3. The van der Waals surface area contributed by atoms with Crippen molar-refractivity contribution >= 4 is 5.84 Å². The lowest BCUT2D eigenvalue weighted by atomic mass is 10.1. The Balaban J connectivity index is 1.84. The Bertz CT molecular complexity index is 436. The van der Waals surface area contributed by atoms with Gasteiger partial charge >= 0.3 is 0 Å². The first kappa shape index (κ1) is 12.6. The molecule has 0 saturated carbocycles. The number of aromatic nitrogens is 1. The molecule has 2 aliphatic rings. The molecule has 1 N–H and O–H groups in total. The molecule has 0 spiro atoms. The van der Waals surface area contributed by atoms with Crippen molar-refractivity contribution < 1.29 is 0 Å². The fraction of sp³-hybridized carbons (Fsp3) is 0.571. The van der Waals surface area contributed by atoms with Gasteiger partial charge in [0.2, 0.25) is 0 Å². The average Bonchev–Trinajstić information content (AvgIpc) is 2.96. The first-order chi connectivity index (χ1) is 9.34. The fourth-order valence-electron chi connectivity index (χ4n) is 2.72. The van der Waals surface area contributed by atoms with Crippen LogP contribution in [0, 0.1) is 0 Å². The first-order valence-corrected chi connectivity index (χ1v) is 6.96. The summed E-state index contributed by atoms with van der Waals surface area (Å²) in [6.07, 6.45) is 1.87. The van der Waals surface area contributed by atoms with Crippen LogP contribution in [-0.4, -0.2) is 66.9 Å². The van der Waals surface area contributed by atoms with Crippen LogP contribution in [-0.2, 0) is 0 Å². The molecule has 1 unspecified atom stereocenters. The van der Waals surface area contributed by atoms with Crippen LogP contribution in [0.1, 0.15) is 11.7 Å². The van der Waals surface area contributed by atoms with E-state index in [1.165, 1.54) is 0 Å². The fourth-order valence-corrected chi connectivity index (χ4v) is 2.72. The van der Waals surface area contributed by atoms with Crippen LogP contribution in [0.5, 0.6) is 0 Å². The van der Waals surface area contributed by atoms with Crippen molar-refractivity contribution in [3.8, 4) is 0 Å². The number of amidine groups is 1. The SMILES string of the molecule is CN1CCN(C(C2=NCCN2)c2ccccn2)CC1. The molecule has 2 aliphatic heterocycles. The summed E-state index contributed by atoms with van der Waals surface area (Å²) in [5, 5.41) is 3.42. The van der Waals surface area contributed by atoms with E-state index in [0.29, 0.717) is 0 Å². The second kappa shape index (κ2) is 5.67.